The van der Waals surface area contributed by atoms with E-state index >= 15 is 0 Å². The molecule has 0 bridgehead atoms. The van der Waals surface area contributed by atoms with Gasteiger partial charge in [0.15, 0.2) is 0 Å². The maximum Gasteiger partial charge on any atom is 0.255 e. The highest BCUT2D eigenvalue weighted by Gasteiger charge is 2.23. The lowest BCUT2D eigenvalue weighted by Crippen LogP contribution is -2.33. The van der Waals surface area contributed by atoms with Crippen LogP contribution in [0.3, 0.4) is 0 Å². The standard InChI is InChI=1S/C19H22N2O2S/c1-14-5-3-4-6-16(14)17-9-10-21(11-12-24-17)19(22)15-7-8-18(23-2)20-13-15/h3-8,13,17H,9-12H2,1-2H3. The Hall–Kier alpha value is -2.01. The Morgan fingerprint density at radius 1 is 1.25 bits per heavy atom. The number of hydrogen-bond donors (Lipinski definition) is 0. The molecule has 4 nitrogen and oxygen atoms in total. The summed E-state index contributed by atoms with van der Waals surface area (Å²) in [6.07, 6.45) is 2.57. The van der Waals surface area contributed by atoms with Crippen LogP contribution in [0.4, 0.5) is 0 Å². The minimum Gasteiger partial charge on any atom is -0.481 e. The maximum atomic E-state index is 12.7. The van der Waals surface area contributed by atoms with Gasteiger partial charge in [0.2, 0.25) is 5.88 Å². The number of pyridine rings is 1. The first-order valence-corrected chi connectivity index (χ1v) is 9.20. The van der Waals surface area contributed by atoms with Crippen LogP contribution >= 0.6 is 11.8 Å². The number of aryl methyl sites for hydroxylation is 1. The SMILES string of the molecule is COc1ccc(C(=O)N2CCSC(c3ccccc3C)CC2)cn1. The zero-order valence-electron chi connectivity index (χ0n) is 14.1. The van der Waals surface area contributed by atoms with Crippen LogP contribution in [-0.2, 0) is 0 Å². The first kappa shape index (κ1) is 16.8. The average Bonchev–Trinajstić information content (AvgIpc) is 2.88. The largest absolute Gasteiger partial charge is 0.481 e. The molecule has 1 amide bonds. The zero-order valence-corrected chi connectivity index (χ0v) is 14.9. The number of ether oxygens (including phenoxy) is 1. The molecular weight excluding hydrogens is 320 g/mol. The number of benzene rings is 1. The molecule has 3 rings (SSSR count). The molecule has 2 heterocycles. The number of hydrogen-bond acceptors (Lipinski definition) is 4. The van der Waals surface area contributed by atoms with Crippen LogP contribution in [-0.4, -0.2) is 41.7 Å². The van der Waals surface area contributed by atoms with E-state index in [-0.39, 0.29) is 5.91 Å². The van der Waals surface area contributed by atoms with E-state index in [4.69, 9.17) is 4.74 Å². The molecule has 5 heteroatoms. The van der Waals surface area contributed by atoms with Crippen LogP contribution in [0.25, 0.3) is 0 Å². The van der Waals surface area contributed by atoms with Gasteiger partial charge in [-0.2, -0.15) is 11.8 Å². The fourth-order valence-electron chi connectivity index (χ4n) is 2.98. The molecule has 126 valence electrons. The average molecular weight is 342 g/mol. The summed E-state index contributed by atoms with van der Waals surface area (Å²) in [4.78, 5) is 18.8. The Kier molecular flexibility index (Phi) is 5.41. The molecule has 0 N–H and O–H groups in total. The lowest BCUT2D eigenvalue weighted by atomic mass is 10.0. The molecule has 1 atom stereocenters. The van der Waals surface area contributed by atoms with E-state index in [1.165, 1.54) is 11.1 Å². The van der Waals surface area contributed by atoms with Crippen molar-refractivity contribution in [3.8, 4) is 5.88 Å². The molecule has 1 unspecified atom stereocenters. The van der Waals surface area contributed by atoms with Crippen LogP contribution in [0.15, 0.2) is 42.6 Å². The summed E-state index contributed by atoms with van der Waals surface area (Å²) in [6, 6.07) is 12.1. The van der Waals surface area contributed by atoms with Crippen molar-refractivity contribution in [2.75, 3.05) is 26.0 Å². The van der Waals surface area contributed by atoms with Gasteiger partial charge >= 0.3 is 0 Å². The van der Waals surface area contributed by atoms with Crippen molar-refractivity contribution in [2.24, 2.45) is 0 Å². The third-order valence-corrected chi connectivity index (χ3v) is 5.67. The first-order valence-electron chi connectivity index (χ1n) is 8.15. The molecule has 0 aliphatic carbocycles. The van der Waals surface area contributed by atoms with Crippen molar-refractivity contribution in [3.05, 3.63) is 59.3 Å². The lowest BCUT2D eigenvalue weighted by Gasteiger charge is -2.20. The monoisotopic (exact) mass is 342 g/mol. The highest BCUT2D eigenvalue weighted by molar-refractivity contribution is 7.99. The van der Waals surface area contributed by atoms with Crippen molar-refractivity contribution in [1.82, 2.24) is 9.88 Å². The summed E-state index contributed by atoms with van der Waals surface area (Å²) in [6.45, 7) is 3.71. The van der Waals surface area contributed by atoms with Gasteiger partial charge in [0.25, 0.3) is 5.91 Å². The number of nitrogens with zero attached hydrogens (tertiary/aromatic N) is 2. The molecule has 0 saturated carbocycles. The quantitative estimate of drug-likeness (QED) is 0.853. The van der Waals surface area contributed by atoms with Gasteiger partial charge in [0, 0.05) is 36.4 Å². The van der Waals surface area contributed by atoms with E-state index in [1.54, 1.807) is 25.4 Å². The molecule has 0 spiro atoms. The highest BCUT2D eigenvalue weighted by Crippen LogP contribution is 2.36. The fraction of sp³-hybridized carbons (Fsp3) is 0.368. The van der Waals surface area contributed by atoms with Crippen LogP contribution in [0.1, 0.15) is 33.2 Å². The van der Waals surface area contributed by atoms with Crippen LogP contribution < -0.4 is 4.74 Å². The number of methoxy groups -OCH3 is 1. The smallest absolute Gasteiger partial charge is 0.255 e. The van der Waals surface area contributed by atoms with E-state index in [9.17, 15) is 4.79 Å². The summed E-state index contributed by atoms with van der Waals surface area (Å²) in [5, 5.41) is 0.456. The van der Waals surface area contributed by atoms with Crippen molar-refractivity contribution in [3.63, 3.8) is 0 Å². The minimum atomic E-state index is 0.0520. The molecule has 1 saturated heterocycles. The second kappa shape index (κ2) is 7.71. The van der Waals surface area contributed by atoms with E-state index in [0.29, 0.717) is 16.7 Å². The molecule has 24 heavy (non-hydrogen) atoms. The van der Waals surface area contributed by atoms with Crippen molar-refractivity contribution >= 4 is 17.7 Å². The van der Waals surface area contributed by atoms with E-state index in [2.05, 4.69) is 36.2 Å². The Bertz CT molecular complexity index is 703. The normalized spacial score (nSPS) is 18.1. The number of amides is 1. The summed E-state index contributed by atoms with van der Waals surface area (Å²) >= 11 is 1.94. The predicted molar refractivity (Wildman–Crippen MR) is 97.7 cm³/mol. The number of aromatic nitrogens is 1. The Labute approximate surface area is 147 Å². The van der Waals surface area contributed by atoms with Gasteiger partial charge in [-0.15, -0.1) is 0 Å². The molecule has 0 radical (unpaired) electrons. The number of carbonyl (C=O) groups is 1. The maximum absolute atomic E-state index is 12.7. The van der Waals surface area contributed by atoms with Gasteiger partial charge in [-0.1, -0.05) is 24.3 Å². The Morgan fingerprint density at radius 3 is 2.79 bits per heavy atom. The molecule has 1 aromatic carbocycles. The Balaban J connectivity index is 1.68. The lowest BCUT2D eigenvalue weighted by molar-refractivity contribution is 0.0766. The second-order valence-electron chi connectivity index (χ2n) is 5.89. The summed E-state index contributed by atoms with van der Waals surface area (Å²) < 4.78 is 5.05. The van der Waals surface area contributed by atoms with Gasteiger partial charge in [0.1, 0.15) is 0 Å². The van der Waals surface area contributed by atoms with E-state index < -0.39 is 0 Å². The molecule has 1 aliphatic rings. The molecule has 2 aromatic rings. The van der Waals surface area contributed by atoms with Crippen molar-refractivity contribution < 1.29 is 9.53 Å². The third-order valence-electron chi connectivity index (χ3n) is 4.36. The summed E-state index contributed by atoms with van der Waals surface area (Å²) in [5.74, 6) is 1.53. The van der Waals surface area contributed by atoms with Crippen LogP contribution in [0.5, 0.6) is 5.88 Å². The summed E-state index contributed by atoms with van der Waals surface area (Å²) in [5.41, 5.74) is 3.34. The van der Waals surface area contributed by atoms with Crippen molar-refractivity contribution in [2.45, 2.75) is 18.6 Å². The fourth-order valence-corrected chi connectivity index (χ4v) is 4.31. The highest BCUT2D eigenvalue weighted by atomic mass is 32.2. The van der Waals surface area contributed by atoms with E-state index in [1.807, 2.05) is 16.7 Å². The number of thioether (sulfide) groups is 1. The number of carbonyl (C=O) groups excluding carboxylic acids is 1. The molecule has 1 aliphatic heterocycles. The topological polar surface area (TPSA) is 42.4 Å². The van der Waals surface area contributed by atoms with Crippen LogP contribution in [0, 0.1) is 6.92 Å². The second-order valence-corrected chi connectivity index (χ2v) is 7.20. The van der Waals surface area contributed by atoms with Crippen LogP contribution in [0.2, 0.25) is 0 Å². The zero-order chi connectivity index (χ0) is 16.9. The predicted octanol–water partition coefficient (Wildman–Crippen LogP) is 3.72. The molecule has 1 aromatic heterocycles. The van der Waals surface area contributed by atoms with Gasteiger partial charge in [0.05, 0.1) is 12.7 Å². The van der Waals surface area contributed by atoms with Crippen molar-refractivity contribution in [1.29, 1.82) is 0 Å². The molecular formula is C19H22N2O2S. The molecule has 1 fully saturated rings. The van der Waals surface area contributed by atoms with E-state index in [0.717, 1.165) is 25.3 Å². The van der Waals surface area contributed by atoms with Gasteiger partial charge in [-0.3, -0.25) is 4.79 Å². The third kappa shape index (κ3) is 3.73. The van der Waals surface area contributed by atoms with Gasteiger partial charge in [-0.05, 0) is 30.5 Å². The first-order chi connectivity index (χ1) is 11.7. The number of rotatable bonds is 3. The van der Waals surface area contributed by atoms with Gasteiger partial charge in [-0.25, -0.2) is 4.98 Å². The Morgan fingerprint density at radius 2 is 2.08 bits per heavy atom. The summed E-state index contributed by atoms with van der Waals surface area (Å²) in [7, 11) is 1.57. The minimum absolute atomic E-state index is 0.0520. The van der Waals surface area contributed by atoms with Gasteiger partial charge < -0.3 is 9.64 Å².